The van der Waals surface area contributed by atoms with Gasteiger partial charge in [0, 0.05) is 6.54 Å². The number of carboxylic acid groups (broad SMARTS) is 1. The maximum Gasteiger partial charge on any atom is 0.320 e. The molecule has 0 saturated heterocycles. The summed E-state index contributed by atoms with van der Waals surface area (Å²) in [7, 11) is 1.59. The van der Waals surface area contributed by atoms with E-state index in [1.807, 2.05) is 62.4 Å². The standard InChI is InChI=1S/C20H25NO4/c1-14(2)19(20(22)23)21-12-16-9-10-17(18(11-16)24-3)25-13-15-7-5-4-6-8-15/h4-11,14,19,21H,12-13H2,1-3H3,(H,22,23)/t19-/m1/s1. The first-order chi connectivity index (χ1) is 12.0. The van der Waals surface area contributed by atoms with Crippen LogP contribution in [0.4, 0.5) is 0 Å². The minimum atomic E-state index is -0.843. The molecular formula is C20H25NO4. The Morgan fingerprint density at radius 1 is 1.08 bits per heavy atom. The van der Waals surface area contributed by atoms with Gasteiger partial charge in [-0.25, -0.2) is 0 Å². The zero-order valence-corrected chi connectivity index (χ0v) is 14.9. The van der Waals surface area contributed by atoms with Gasteiger partial charge in [-0.15, -0.1) is 0 Å². The molecule has 0 bridgehead atoms. The molecule has 0 spiro atoms. The summed E-state index contributed by atoms with van der Waals surface area (Å²) in [5.74, 6) is 0.457. The summed E-state index contributed by atoms with van der Waals surface area (Å²) < 4.78 is 11.2. The minimum Gasteiger partial charge on any atom is -0.493 e. The number of hydrogen-bond acceptors (Lipinski definition) is 4. The van der Waals surface area contributed by atoms with Gasteiger partial charge in [-0.05, 0) is 29.2 Å². The highest BCUT2D eigenvalue weighted by atomic mass is 16.5. The Morgan fingerprint density at radius 2 is 1.80 bits per heavy atom. The molecule has 0 radical (unpaired) electrons. The third kappa shape index (κ3) is 5.50. The lowest BCUT2D eigenvalue weighted by Crippen LogP contribution is -2.40. The molecule has 134 valence electrons. The molecule has 0 fully saturated rings. The number of aliphatic carboxylic acids is 1. The number of hydrogen-bond donors (Lipinski definition) is 2. The highest BCUT2D eigenvalue weighted by Crippen LogP contribution is 2.29. The molecule has 0 aliphatic heterocycles. The molecule has 0 heterocycles. The van der Waals surface area contributed by atoms with Crippen LogP contribution in [0.3, 0.4) is 0 Å². The second-order valence-electron chi connectivity index (χ2n) is 6.20. The zero-order valence-electron chi connectivity index (χ0n) is 14.9. The topological polar surface area (TPSA) is 67.8 Å². The Bertz CT molecular complexity index is 685. The second-order valence-corrected chi connectivity index (χ2v) is 6.20. The Labute approximate surface area is 148 Å². The fourth-order valence-corrected chi connectivity index (χ4v) is 2.51. The molecule has 0 aliphatic rings. The lowest BCUT2D eigenvalue weighted by atomic mass is 10.0. The van der Waals surface area contributed by atoms with Crippen molar-refractivity contribution in [2.75, 3.05) is 7.11 Å². The van der Waals surface area contributed by atoms with Gasteiger partial charge < -0.3 is 19.9 Å². The van der Waals surface area contributed by atoms with Gasteiger partial charge in [-0.3, -0.25) is 4.79 Å². The average molecular weight is 343 g/mol. The lowest BCUT2D eigenvalue weighted by Gasteiger charge is -2.18. The molecule has 0 aromatic heterocycles. The number of carboxylic acids is 1. The van der Waals surface area contributed by atoms with Gasteiger partial charge in [-0.2, -0.15) is 0 Å². The Balaban J connectivity index is 2.02. The van der Waals surface area contributed by atoms with Gasteiger partial charge in [0.25, 0.3) is 0 Å². The Morgan fingerprint density at radius 3 is 2.40 bits per heavy atom. The van der Waals surface area contributed by atoms with Crippen molar-refractivity contribution in [1.82, 2.24) is 5.32 Å². The number of rotatable bonds is 9. The number of ether oxygens (including phenoxy) is 2. The van der Waals surface area contributed by atoms with Crippen molar-refractivity contribution in [2.45, 2.75) is 33.0 Å². The number of nitrogens with one attached hydrogen (secondary N) is 1. The smallest absolute Gasteiger partial charge is 0.320 e. The normalized spacial score (nSPS) is 12.0. The second kappa shape index (κ2) is 9.08. The SMILES string of the molecule is COc1cc(CN[C@@H](C(=O)O)C(C)C)ccc1OCc1ccccc1. The van der Waals surface area contributed by atoms with E-state index < -0.39 is 12.0 Å². The first kappa shape index (κ1) is 18.8. The maximum atomic E-state index is 11.3. The van der Waals surface area contributed by atoms with Crippen LogP contribution in [-0.4, -0.2) is 24.2 Å². The molecule has 0 saturated carbocycles. The fraction of sp³-hybridized carbons (Fsp3) is 0.350. The first-order valence-corrected chi connectivity index (χ1v) is 8.31. The van der Waals surface area contributed by atoms with E-state index in [1.54, 1.807) is 7.11 Å². The lowest BCUT2D eigenvalue weighted by molar-refractivity contribution is -0.140. The van der Waals surface area contributed by atoms with Crippen molar-refractivity contribution < 1.29 is 19.4 Å². The van der Waals surface area contributed by atoms with Gasteiger partial charge in [0.05, 0.1) is 7.11 Å². The zero-order chi connectivity index (χ0) is 18.2. The van der Waals surface area contributed by atoms with Crippen LogP contribution in [0.25, 0.3) is 0 Å². The van der Waals surface area contributed by atoms with E-state index in [0.29, 0.717) is 24.7 Å². The molecule has 2 N–H and O–H groups in total. The molecule has 5 nitrogen and oxygen atoms in total. The quantitative estimate of drug-likeness (QED) is 0.730. The summed E-state index contributed by atoms with van der Waals surface area (Å²) >= 11 is 0. The van der Waals surface area contributed by atoms with Gasteiger partial charge in [-0.1, -0.05) is 50.2 Å². The van der Waals surface area contributed by atoms with Crippen LogP contribution in [0.1, 0.15) is 25.0 Å². The highest BCUT2D eigenvalue weighted by molar-refractivity contribution is 5.73. The summed E-state index contributed by atoms with van der Waals surface area (Å²) in [4.78, 5) is 11.3. The predicted octanol–water partition coefficient (Wildman–Crippen LogP) is 3.47. The summed E-state index contributed by atoms with van der Waals surface area (Å²) in [6.45, 7) is 4.67. The van der Waals surface area contributed by atoms with E-state index in [0.717, 1.165) is 11.1 Å². The molecule has 2 aromatic carbocycles. The summed E-state index contributed by atoms with van der Waals surface area (Å²) in [5, 5.41) is 12.3. The largest absolute Gasteiger partial charge is 0.493 e. The van der Waals surface area contributed by atoms with Crippen molar-refractivity contribution in [1.29, 1.82) is 0 Å². The van der Waals surface area contributed by atoms with E-state index in [-0.39, 0.29) is 5.92 Å². The first-order valence-electron chi connectivity index (χ1n) is 8.31. The minimum absolute atomic E-state index is 0.00729. The Kier molecular flexibility index (Phi) is 6.83. The molecule has 5 heteroatoms. The van der Waals surface area contributed by atoms with E-state index in [4.69, 9.17) is 9.47 Å². The summed E-state index contributed by atoms with van der Waals surface area (Å²) in [6.07, 6.45) is 0. The highest BCUT2D eigenvalue weighted by Gasteiger charge is 2.20. The van der Waals surface area contributed by atoms with E-state index >= 15 is 0 Å². The van der Waals surface area contributed by atoms with E-state index in [2.05, 4.69) is 5.32 Å². The van der Waals surface area contributed by atoms with Gasteiger partial charge in [0.1, 0.15) is 12.6 Å². The van der Waals surface area contributed by atoms with Crippen molar-refractivity contribution in [3.8, 4) is 11.5 Å². The van der Waals surface area contributed by atoms with Crippen molar-refractivity contribution in [2.24, 2.45) is 5.92 Å². The molecule has 2 aromatic rings. The third-order valence-electron chi connectivity index (χ3n) is 3.92. The average Bonchev–Trinajstić information content (AvgIpc) is 2.60. The molecular weight excluding hydrogens is 318 g/mol. The summed E-state index contributed by atoms with van der Waals surface area (Å²) in [5.41, 5.74) is 2.02. The monoisotopic (exact) mass is 343 g/mol. The van der Waals surface area contributed by atoms with Gasteiger partial charge >= 0.3 is 5.97 Å². The van der Waals surface area contributed by atoms with E-state index in [1.165, 1.54) is 0 Å². The molecule has 1 atom stereocenters. The van der Waals surface area contributed by atoms with Crippen LogP contribution in [0.2, 0.25) is 0 Å². The van der Waals surface area contributed by atoms with Crippen LogP contribution >= 0.6 is 0 Å². The fourth-order valence-electron chi connectivity index (χ4n) is 2.51. The molecule has 0 unspecified atom stereocenters. The van der Waals surface area contributed by atoms with Crippen LogP contribution < -0.4 is 14.8 Å². The number of carbonyl (C=O) groups is 1. The molecule has 2 rings (SSSR count). The van der Waals surface area contributed by atoms with Crippen LogP contribution in [0.5, 0.6) is 11.5 Å². The molecule has 25 heavy (non-hydrogen) atoms. The predicted molar refractivity (Wildman–Crippen MR) is 96.9 cm³/mol. The van der Waals surface area contributed by atoms with Crippen molar-refractivity contribution in [3.63, 3.8) is 0 Å². The maximum absolute atomic E-state index is 11.3. The number of benzene rings is 2. The van der Waals surface area contributed by atoms with E-state index in [9.17, 15) is 9.90 Å². The van der Waals surface area contributed by atoms with Crippen LogP contribution in [0, 0.1) is 5.92 Å². The van der Waals surface area contributed by atoms with Crippen LogP contribution in [-0.2, 0) is 17.9 Å². The van der Waals surface area contributed by atoms with Gasteiger partial charge in [0.2, 0.25) is 0 Å². The van der Waals surface area contributed by atoms with Gasteiger partial charge in [0.15, 0.2) is 11.5 Å². The van der Waals surface area contributed by atoms with Crippen LogP contribution in [0.15, 0.2) is 48.5 Å². The van der Waals surface area contributed by atoms with Crippen molar-refractivity contribution in [3.05, 3.63) is 59.7 Å². The Hall–Kier alpha value is -2.53. The van der Waals surface area contributed by atoms with Crippen molar-refractivity contribution >= 4 is 5.97 Å². The molecule has 0 aliphatic carbocycles. The third-order valence-corrected chi connectivity index (χ3v) is 3.92. The number of methoxy groups -OCH3 is 1. The summed E-state index contributed by atoms with van der Waals surface area (Å²) in [6, 6.07) is 15.0. The molecule has 0 amide bonds.